The molecule has 0 aliphatic rings. The van der Waals surface area contributed by atoms with Gasteiger partial charge in [-0.15, -0.1) is 12.4 Å². The van der Waals surface area contributed by atoms with Gasteiger partial charge in [0.1, 0.15) is 0 Å². The summed E-state index contributed by atoms with van der Waals surface area (Å²) in [4.78, 5) is 0. The van der Waals surface area contributed by atoms with Gasteiger partial charge in [-0.1, -0.05) is 0 Å². The van der Waals surface area contributed by atoms with Crippen molar-refractivity contribution in [3.63, 3.8) is 0 Å². The van der Waals surface area contributed by atoms with Gasteiger partial charge in [0.25, 0.3) is 0 Å². The molecule has 0 aliphatic heterocycles. The molecule has 0 N–H and O–H groups in total. The summed E-state index contributed by atoms with van der Waals surface area (Å²) in [5.74, 6) is 0. The maximum atomic E-state index is 0. The predicted octanol–water partition coefficient (Wildman–Crippen LogP) is -2.06. The molecule has 0 radical (unpaired) electrons. The van der Waals surface area contributed by atoms with Gasteiger partial charge in [0, 0.05) is 0 Å². The van der Waals surface area contributed by atoms with Crippen LogP contribution >= 0.6 is 12.4 Å². The molecule has 0 aromatic heterocycles. The van der Waals surface area contributed by atoms with Crippen LogP contribution in [-0.4, -0.2) is 112 Å². The standard InChI is InChI=1S/Ca.ClH.K.Mg.5H/h;1H;;;;;;;. The Balaban J connectivity index is 0. The number of hydrogen-bond acceptors (Lipinski definition) is 0. The second-order valence-electron chi connectivity index (χ2n) is 0. The van der Waals surface area contributed by atoms with Crippen molar-refractivity contribution in [2.45, 2.75) is 0 Å². The van der Waals surface area contributed by atoms with E-state index < -0.39 is 0 Å². The van der Waals surface area contributed by atoms with Gasteiger partial charge in [-0.2, -0.15) is 0 Å². The van der Waals surface area contributed by atoms with Crippen molar-refractivity contribution < 1.29 is 0 Å². The van der Waals surface area contributed by atoms with Crippen LogP contribution in [0.25, 0.3) is 0 Å². The van der Waals surface area contributed by atoms with Gasteiger partial charge in [-0.3, -0.25) is 0 Å². The summed E-state index contributed by atoms with van der Waals surface area (Å²) < 4.78 is 0. The molecule has 0 aliphatic carbocycles. The van der Waals surface area contributed by atoms with E-state index in [9.17, 15) is 0 Å². The van der Waals surface area contributed by atoms with Crippen LogP contribution < -0.4 is 0 Å². The van der Waals surface area contributed by atoms with Crippen LogP contribution in [0, 0.1) is 0 Å². The van der Waals surface area contributed by atoms with E-state index in [-0.39, 0.29) is 125 Å². The van der Waals surface area contributed by atoms with E-state index >= 15 is 0 Å². The average molecular weight is 145 g/mol. The predicted molar refractivity (Wildman–Crippen MR) is 31.5 cm³/mol. The molecule has 0 fully saturated rings. The Bertz CT molecular complexity index is 8.00. The van der Waals surface area contributed by atoms with E-state index in [1.165, 1.54) is 0 Å². The largest absolute Gasteiger partial charge is 0.316 e. The topological polar surface area (TPSA) is 0 Å². The van der Waals surface area contributed by atoms with Crippen LogP contribution in [0.3, 0.4) is 0 Å². The minimum Gasteiger partial charge on any atom is 0.316 e. The Morgan fingerprint density at radius 1 is 1.00 bits per heavy atom. The molecule has 0 saturated carbocycles. The first-order valence-electron chi connectivity index (χ1n) is 0. The third kappa shape index (κ3) is 9.35. The van der Waals surface area contributed by atoms with Gasteiger partial charge >= 0.3 is 112 Å². The van der Waals surface area contributed by atoms with Crippen LogP contribution in [0.4, 0.5) is 0 Å². The molecular formula is H6CaClKMg. The van der Waals surface area contributed by atoms with E-state index in [1.807, 2.05) is 0 Å². The summed E-state index contributed by atoms with van der Waals surface area (Å²) in [5, 5.41) is 0. The first-order chi connectivity index (χ1) is 0. The van der Waals surface area contributed by atoms with Crippen LogP contribution in [-0.2, 0) is 0 Å². The fourth-order valence-corrected chi connectivity index (χ4v) is 0. The van der Waals surface area contributed by atoms with E-state index in [0.29, 0.717) is 0 Å². The van der Waals surface area contributed by atoms with E-state index in [2.05, 4.69) is 0 Å². The third-order valence-corrected chi connectivity index (χ3v) is 0. The molecule has 0 aromatic carbocycles. The number of hydrogen-bond donors (Lipinski definition) is 0. The smallest absolute Gasteiger partial charge is 0.316 e. The molecule has 0 nitrogen and oxygen atoms in total. The molecule has 0 amide bonds. The molecule has 0 aromatic rings. The molecular weight excluding hydrogens is 139 g/mol. The van der Waals surface area contributed by atoms with E-state index in [0.717, 1.165) is 0 Å². The maximum Gasteiger partial charge on any atom is 0.316 e. The van der Waals surface area contributed by atoms with Crippen LogP contribution in [0.5, 0.6) is 0 Å². The Morgan fingerprint density at radius 3 is 1.00 bits per heavy atom. The fourth-order valence-electron chi connectivity index (χ4n) is 0. The number of rotatable bonds is 0. The van der Waals surface area contributed by atoms with E-state index in [4.69, 9.17) is 0 Å². The van der Waals surface area contributed by atoms with Crippen molar-refractivity contribution in [1.29, 1.82) is 0 Å². The summed E-state index contributed by atoms with van der Waals surface area (Å²) in [5.41, 5.74) is 0. The van der Waals surface area contributed by atoms with Crippen molar-refractivity contribution >= 4 is 125 Å². The summed E-state index contributed by atoms with van der Waals surface area (Å²) >= 11 is 0. The van der Waals surface area contributed by atoms with Gasteiger partial charge in [-0.05, 0) is 0 Å². The molecule has 4 heteroatoms. The van der Waals surface area contributed by atoms with E-state index in [1.54, 1.807) is 0 Å². The molecule has 0 atom stereocenters. The Labute approximate surface area is 121 Å². The minimum atomic E-state index is 0. The minimum absolute atomic E-state index is 0. The first-order valence-corrected chi connectivity index (χ1v) is 0. The zero-order valence-electron chi connectivity index (χ0n) is 0.408. The zero-order chi connectivity index (χ0) is 0. The summed E-state index contributed by atoms with van der Waals surface area (Å²) in [7, 11) is 0. The molecule has 0 saturated heterocycles. The molecule has 0 spiro atoms. The first kappa shape index (κ1) is 24.6. The van der Waals surface area contributed by atoms with Crippen molar-refractivity contribution in [2.24, 2.45) is 0 Å². The zero-order valence-corrected chi connectivity index (χ0v) is 1.22. The molecule has 18 valence electrons. The van der Waals surface area contributed by atoms with Gasteiger partial charge in [0.05, 0.1) is 0 Å². The van der Waals surface area contributed by atoms with Gasteiger partial charge in [-0.25, -0.2) is 0 Å². The van der Waals surface area contributed by atoms with Crippen molar-refractivity contribution in [3.05, 3.63) is 0 Å². The van der Waals surface area contributed by atoms with Gasteiger partial charge in [0.15, 0.2) is 0 Å². The molecule has 0 unspecified atom stereocenters. The van der Waals surface area contributed by atoms with Crippen LogP contribution in [0.2, 0.25) is 0 Å². The van der Waals surface area contributed by atoms with Crippen LogP contribution in [0.1, 0.15) is 0 Å². The second kappa shape index (κ2) is 15.8. The van der Waals surface area contributed by atoms with Crippen molar-refractivity contribution in [3.8, 4) is 0 Å². The van der Waals surface area contributed by atoms with Crippen molar-refractivity contribution in [1.82, 2.24) is 0 Å². The molecule has 4 heavy (non-hydrogen) atoms. The van der Waals surface area contributed by atoms with Crippen molar-refractivity contribution in [2.75, 3.05) is 0 Å². The Hall–Kier alpha value is 3.95. The monoisotopic (exact) mass is 144 g/mol. The summed E-state index contributed by atoms with van der Waals surface area (Å²) in [6, 6.07) is 0. The molecule has 0 heterocycles. The molecule has 0 bridgehead atoms. The average Bonchev–Trinajstić information content (AvgIpc) is 0. The summed E-state index contributed by atoms with van der Waals surface area (Å²) in [6.45, 7) is 0. The maximum absolute atomic E-state index is 0. The third-order valence-electron chi connectivity index (χ3n) is 0. The molecule has 0 rings (SSSR count). The normalized spacial score (nSPS) is 0. The second-order valence-corrected chi connectivity index (χ2v) is 0. The Morgan fingerprint density at radius 2 is 1.00 bits per heavy atom. The van der Waals surface area contributed by atoms with Gasteiger partial charge in [0.2, 0.25) is 0 Å². The fraction of sp³-hybridized carbons (Fsp3) is 0. The SMILES string of the molecule is Cl.[CaH2].[KH].[MgH2]. The van der Waals surface area contributed by atoms with Gasteiger partial charge < -0.3 is 0 Å². The summed E-state index contributed by atoms with van der Waals surface area (Å²) in [6.07, 6.45) is 0. The van der Waals surface area contributed by atoms with Crippen LogP contribution in [0.15, 0.2) is 0 Å². The Kier molecular flexibility index (Phi) is 97.0. The number of halogens is 1. The quantitative estimate of drug-likeness (QED) is 0.344.